The molecule has 0 atom stereocenters. The molecule has 2 aromatic carbocycles. The van der Waals surface area contributed by atoms with E-state index in [4.69, 9.17) is 0 Å². The van der Waals surface area contributed by atoms with Gasteiger partial charge in [-0.25, -0.2) is 4.39 Å². The number of carbonyl (C=O) groups excluding carboxylic acids is 2. The maximum atomic E-state index is 13.1. The third kappa shape index (κ3) is 6.20. The summed E-state index contributed by atoms with van der Waals surface area (Å²) in [5.74, 6) is -0.194. The van der Waals surface area contributed by atoms with Crippen molar-refractivity contribution in [2.24, 2.45) is 0 Å². The number of nitrogens with one attached hydrogen (secondary N) is 2. The number of nitrogens with zero attached hydrogens (tertiary/aromatic N) is 2. The molecule has 1 aliphatic heterocycles. The molecule has 2 aromatic rings. The van der Waals surface area contributed by atoms with Crippen molar-refractivity contribution in [2.75, 3.05) is 42.9 Å². The third-order valence-corrected chi connectivity index (χ3v) is 5.04. The van der Waals surface area contributed by atoms with E-state index < -0.39 is 0 Å². The smallest absolute Gasteiger partial charge is 0.241 e. The summed E-state index contributed by atoms with van der Waals surface area (Å²) in [6, 6.07) is 14.1. The molecule has 0 radical (unpaired) electrons. The Morgan fingerprint density at radius 3 is 2.20 bits per heavy atom. The van der Waals surface area contributed by atoms with Gasteiger partial charge in [0.2, 0.25) is 11.8 Å². The van der Waals surface area contributed by atoms with E-state index in [1.807, 2.05) is 43.0 Å². The minimum atomic E-state index is -0.245. The van der Waals surface area contributed by atoms with Crippen LogP contribution in [0.15, 0.2) is 48.5 Å². The fourth-order valence-electron chi connectivity index (χ4n) is 3.45. The first-order valence-corrected chi connectivity index (χ1v) is 10.3. The Bertz CT molecular complexity index is 845. The summed E-state index contributed by atoms with van der Waals surface area (Å²) in [6.45, 7) is 6.83. The second-order valence-corrected chi connectivity index (χ2v) is 7.79. The van der Waals surface area contributed by atoms with Crippen molar-refractivity contribution in [1.29, 1.82) is 0 Å². The second kappa shape index (κ2) is 10.1. The molecule has 1 aliphatic rings. The number of hydrogen-bond donors (Lipinski definition) is 2. The van der Waals surface area contributed by atoms with Crippen molar-refractivity contribution < 1.29 is 14.0 Å². The molecule has 0 spiro atoms. The average molecular weight is 413 g/mol. The minimum absolute atomic E-state index is 0.000617. The Morgan fingerprint density at radius 2 is 1.60 bits per heavy atom. The third-order valence-electron chi connectivity index (χ3n) is 5.04. The highest BCUT2D eigenvalue weighted by molar-refractivity contribution is 5.81. The van der Waals surface area contributed by atoms with Crippen molar-refractivity contribution in [3.8, 4) is 0 Å². The lowest BCUT2D eigenvalue weighted by Crippen LogP contribution is -2.50. The van der Waals surface area contributed by atoms with Gasteiger partial charge in [-0.2, -0.15) is 0 Å². The lowest BCUT2D eigenvalue weighted by atomic mass is 10.1. The SMILES string of the molecule is CC(C)NC(=O)Cc1ccc(NCC(=O)N2CCN(c3ccc(F)cc3)CC2)cc1. The number of rotatable bonds is 7. The van der Waals surface area contributed by atoms with Crippen LogP contribution in [-0.4, -0.2) is 55.5 Å². The van der Waals surface area contributed by atoms with Crippen LogP contribution in [0.4, 0.5) is 15.8 Å². The molecule has 6 nitrogen and oxygen atoms in total. The molecule has 0 aromatic heterocycles. The topological polar surface area (TPSA) is 64.7 Å². The van der Waals surface area contributed by atoms with Crippen LogP contribution in [0.5, 0.6) is 0 Å². The van der Waals surface area contributed by atoms with E-state index in [9.17, 15) is 14.0 Å². The quantitative estimate of drug-likeness (QED) is 0.734. The molecule has 7 heteroatoms. The molecular formula is C23H29FN4O2. The summed E-state index contributed by atoms with van der Waals surface area (Å²) in [4.78, 5) is 28.3. The van der Waals surface area contributed by atoms with E-state index in [0.29, 0.717) is 19.5 Å². The summed E-state index contributed by atoms with van der Waals surface area (Å²) < 4.78 is 13.1. The Morgan fingerprint density at radius 1 is 0.967 bits per heavy atom. The van der Waals surface area contributed by atoms with Crippen molar-refractivity contribution in [3.05, 3.63) is 59.9 Å². The molecule has 1 saturated heterocycles. The molecule has 2 amide bonds. The zero-order valence-corrected chi connectivity index (χ0v) is 17.5. The summed E-state index contributed by atoms with van der Waals surface area (Å²) in [7, 11) is 0. The molecule has 1 fully saturated rings. The second-order valence-electron chi connectivity index (χ2n) is 7.79. The molecule has 0 saturated carbocycles. The van der Waals surface area contributed by atoms with Crippen LogP contribution in [0.2, 0.25) is 0 Å². The fourth-order valence-corrected chi connectivity index (χ4v) is 3.45. The molecule has 3 rings (SSSR count). The van der Waals surface area contributed by atoms with E-state index in [0.717, 1.165) is 30.0 Å². The van der Waals surface area contributed by atoms with Crippen LogP contribution in [0.1, 0.15) is 19.4 Å². The maximum Gasteiger partial charge on any atom is 0.241 e. The molecule has 30 heavy (non-hydrogen) atoms. The highest BCUT2D eigenvalue weighted by atomic mass is 19.1. The Kier molecular flexibility index (Phi) is 7.27. The van der Waals surface area contributed by atoms with Gasteiger partial charge in [-0.15, -0.1) is 0 Å². The van der Waals surface area contributed by atoms with Gasteiger partial charge in [0, 0.05) is 43.6 Å². The van der Waals surface area contributed by atoms with Gasteiger partial charge in [-0.3, -0.25) is 9.59 Å². The van der Waals surface area contributed by atoms with E-state index in [-0.39, 0.29) is 30.2 Å². The molecule has 0 bridgehead atoms. The van der Waals surface area contributed by atoms with Gasteiger partial charge in [0.05, 0.1) is 13.0 Å². The largest absolute Gasteiger partial charge is 0.376 e. The van der Waals surface area contributed by atoms with Gasteiger partial charge in [-0.05, 0) is 55.8 Å². The summed E-state index contributed by atoms with van der Waals surface area (Å²) in [5.41, 5.74) is 2.76. The fraction of sp³-hybridized carbons (Fsp3) is 0.391. The molecular weight excluding hydrogens is 383 g/mol. The highest BCUT2D eigenvalue weighted by Gasteiger charge is 2.21. The number of amides is 2. The normalized spacial score (nSPS) is 14.0. The van der Waals surface area contributed by atoms with E-state index >= 15 is 0 Å². The summed E-state index contributed by atoms with van der Waals surface area (Å²) >= 11 is 0. The monoisotopic (exact) mass is 412 g/mol. The number of anilines is 2. The van der Waals surface area contributed by atoms with E-state index in [1.54, 1.807) is 12.1 Å². The Balaban J connectivity index is 1.42. The van der Waals surface area contributed by atoms with Gasteiger partial charge in [0.1, 0.15) is 5.82 Å². The van der Waals surface area contributed by atoms with Crippen LogP contribution in [0, 0.1) is 5.82 Å². The van der Waals surface area contributed by atoms with Crippen molar-refractivity contribution in [3.63, 3.8) is 0 Å². The van der Waals surface area contributed by atoms with Gasteiger partial charge < -0.3 is 20.4 Å². The lowest BCUT2D eigenvalue weighted by molar-refractivity contribution is -0.129. The number of halogens is 1. The zero-order chi connectivity index (χ0) is 21.5. The van der Waals surface area contributed by atoms with Gasteiger partial charge >= 0.3 is 0 Å². The summed E-state index contributed by atoms with van der Waals surface area (Å²) in [6.07, 6.45) is 0.343. The van der Waals surface area contributed by atoms with Crippen molar-refractivity contribution >= 4 is 23.2 Å². The maximum absolute atomic E-state index is 13.1. The molecule has 160 valence electrons. The molecule has 0 aliphatic carbocycles. The average Bonchev–Trinajstić information content (AvgIpc) is 2.73. The standard InChI is InChI=1S/C23H29FN4O2/c1-17(2)26-22(29)15-18-3-7-20(8-4-18)25-16-23(30)28-13-11-27(12-14-28)21-9-5-19(24)6-10-21/h3-10,17,25H,11-16H2,1-2H3,(H,26,29). The van der Waals surface area contributed by atoms with Crippen molar-refractivity contribution in [1.82, 2.24) is 10.2 Å². The lowest BCUT2D eigenvalue weighted by Gasteiger charge is -2.36. The van der Waals surface area contributed by atoms with Gasteiger partial charge in [-0.1, -0.05) is 12.1 Å². The first-order chi connectivity index (χ1) is 14.4. The Hall–Kier alpha value is -3.09. The summed E-state index contributed by atoms with van der Waals surface area (Å²) in [5, 5.41) is 6.03. The van der Waals surface area contributed by atoms with Crippen LogP contribution < -0.4 is 15.5 Å². The predicted molar refractivity (Wildman–Crippen MR) is 117 cm³/mol. The van der Waals surface area contributed by atoms with Crippen LogP contribution in [0.25, 0.3) is 0 Å². The molecule has 1 heterocycles. The van der Waals surface area contributed by atoms with E-state index in [2.05, 4.69) is 15.5 Å². The minimum Gasteiger partial charge on any atom is -0.376 e. The van der Waals surface area contributed by atoms with Gasteiger partial charge in [0.25, 0.3) is 0 Å². The van der Waals surface area contributed by atoms with Crippen LogP contribution in [0.3, 0.4) is 0 Å². The number of carbonyl (C=O) groups is 2. The molecule has 0 unspecified atom stereocenters. The van der Waals surface area contributed by atoms with Crippen LogP contribution in [-0.2, 0) is 16.0 Å². The Labute approximate surface area is 177 Å². The zero-order valence-electron chi connectivity index (χ0n) is 17.5. The van der Waals surface area contributed by atoms with E-state index in [1.165, 1.54) is 12.1 Å². The van der Waals surface area contributed by atoms with Crippen molar-refractivity contribution in [2.45, 2.75) is 26.3 Å². The first kappa shape index (κ1) is 21.6. The number of hydrogen-bond acceptors (Lipinski definition) is 4. The predicted octanol–water partition coefficient (Wildman–Crippen LogP) is 2.65. The first-order valence-electron chi connectivity index (χ1n) is 10.3. The number of benzene rings is 2. The van der Waals surface area contributed by atoms with Gasteiger partial charge in [0.15, 0.2) is 0 Å². The number of piperazine rings is 1. The highest BCUT2D eigenvalue weighted by Crippen LogP contribution is 2.17. The molecule has 2 N–H and O–H groups in total. The van der Waals surface area contributed by atoms with Crippen LogP contribution >= 0.6 is 0 Å².